The maximum Gasteiger partial charge on any atom is 0.283 e. The van der Waals surface area contributed by atoms with E-state index >= 15 is 0 Å². The van der Waals surface area contributed by atoms with Gasteiger partial charge in [-0.25, -0.2) is 8.42 Å². The van der Waals surface area contributed by atoms with Crippen LogP contribution in [0.15, 0.2) is 71.3 Å². The molecule has 9 nitrogen and oxygen atoms in total. The Hall–Kier alpha value is -2.92. The van der Waals surface area contributed by atoms with E-state index in [9.17, 15) is 18.3 Å². The Labute approximate surface area is 193 Å². The standard InChI is InChI=1S/C23H28N2O7S/c1-30-19-7-9-20(10-8-19)33(28,29)25(11-13-26)12-14-31-22-16-18(15-21(32-22)23(24)27)17-5-3-2-4-6-17/h2-10,15,18,22,26H,11-14,16H2,1H3,(H2,24,27)/t18-,22+/m0/s1. The first-order valence-electron chi connectivity index (χ1n) is 10.4. The molecule has 0 fully saturated rings. The molecule has 1 heterocycles. The number of nitrogens with two attached hydrogens (primary N) is 1. The highest BCUT2D eigenvalue weighted by Crippen LogP contribution is 2.31. The Morgan fingerprint density at radius 2 is 1.85 bits per heavy atom. The van der Waals surface area contributed by atoms with Crippen LogP contribution in [0.3, 0.4) is 0 Å². The number of aliphatic hydroxyl groups is 1. The minimum Gasteiger partial charge on any atom is -0.497 e. The molecule has 1 aliphatic heterocycles. The maximum absolute atomic E-state index is 13.0. The molecule has 178 valence electrons. The molecule has 2 aromatic rings. The van der Waals surface area contributed by atoms with Gasteiger partial charge >= 0.3 is 0 Å². The Morgan fingerprint density at radius 3 is 2.45 bits per heavy atom. The molecule has 0 radical (unpaired) electrons. The van der Waals surface area contributed by atoms with E-state index in [4.69, 9.17) is 19.9 Å². The summed E-state index contributed by atoms with van der Waals surface area (Å²) in [5.41, 5.74) is 6.40. The van der Waals surface area contributed by atoms with Crippen molar-refractivity contribution in [2.75, 3.05) is 33.4 Å². The maximum atomic E-state index is 13.0. The van der Waals surface area contributed by atoms with Crippen LogP contribution < -0.4 is 10.5 Å². The van der Waals surface area contributed by atoms with Crippen molar-refractivity contribution < 1.29 is 32.5 Å². The molecule has 0 spiro atoms. The highest BCUT2D eigenvalue weighted by Gasteiger charge is 2.29. The third-order valence-electron chi connectivity index (χ3n) is 5.22. The molecule has 0 unspecified atom stereocenters. The van der Waals surface area contributed by atoms with E-state index < -0.39 is 22.2 Å². The van der Waals surface area contributed by atoms with E-state index in [1.54, 1.807) is 18.2 Å². The lowest BCUT2D eigenvalue weighted by Crippen LogP contribution is -2.38. The molecule has 1 aliphatic rings. The number of primary amides is 1. The van der Waals surface area contributed by atoms with Crippen LogP contribution in [-0.2, 0) is 24.3 Å². The molecule has 3 rings (SSSR count). The molecule has 10 heteroatoms. The van der Waals surface area contributed by atoms with E-state index in [-0.39, 0.29) is 42.9 Å². The van der Waals surface area contributed by atoms with Crippen molar-refractivity contribution in [2.24, 2.45) is 5.73 Å². The summed E-state index contributed by atoms with van der Waals surface area (Å²) in [4.78, 5) is 11.8. The second-order valence-corrected chi connectivity index (χ2v) is 9.31. The average Bonchev–Trinajstić information content (AvgIpc) is 2.83. The number of sulfonamides is 1. The van der Waals surface area contributed by atoms with Gasteiger partial charge in [0.15, 0.2) is 5.76 Å². The lowest BCUT2D eigenvalue weighted by atomic mass is 9.93. The molecule has 3 N–H and O–H groups in total. The largest absolute Gasteiger partial charge is 0.497 e. The summed E-state index contributed by atoms with van der Waals surface area (Å²) in [7, 11) is -2.36. The van der Waals surface area contributed by atoms with Crippen molar-refractivity contribution in [3.63, 3.8) is 0 Å². The minimum absolute atomic E-state index is 0.00635. The van der Waals surface area contributed by atoms with E-state index in [0.717, 1.165) is 9.87 Å². The predicted molar refractivity (Wildman–Crippen MR) is 121 cm³/mol. The number of ether oxygens (including phenoxy) is 3. The van der Waals surface area contributed by atoms with Gasteiger partial charge in [0, 0.05) is 25.4 Å². The Bertz CT molecular complexity index is 1060. The van der Waals surface area contributed by atoms with Gasteiger partial charge in [0.05, 0.1) is 25.2 Å². The van der Waals surface area contributed by atoms with Crippen LogP contribution >= 0.6 is 0 Å². The van der Waals surface area contributed by atoms with Crippen molar-refractivity contribution in [1.82, 2.24) is 4.31 Å². The number of amides is 1. The van der Waals surface area contributed by atoms with Gasteiger partial charge in [-0.2, -0.15) is 4.31 Å². The van der Waals surface area contributed by atoms with Gasteiger partial charge in [-0.3, -0.25) is 4.79 Å². The number of allylic oxidation sites excluding steroid dienone is 1. The van der Waals surface area contributed by atoms with Gasteiger partial charge in [0.1, 0.15) is 5.75 Å². The van der Waals surface area contributed by atoms with Crippen molar-refractivity contribution in [3.8, 4) is 5.75 Å². The normalized spacial score (nSPS) is 18.5. The fourth-order valence-corrected chi connectivity index (χ4v) is 4.92. The lowest BCUT2D eigenvalue weighted by molar-refractivity contribution is -0.144. The average molecular weight is 477 g/mol. The SMILES string of the molecule is COc1ccc(S(=O)(=O)N(CCO)CCO[C@H]2C[C@@H](c3ccccc3)C=C(C(N)=O)O2)cc1. The van der Waals surface area contributed by atoms with E-state index in [1.807, 2.05) is 30.3 Å². The summed E-state index contributed by atoms with van der Waals surface area (Å²) in [5, 5.41) is 9.38. The number of nitrogens with zero attached hydrogens (tertiary/aromatic N) is 1. The van der Waals surface area contributed by atoms with Crippen molar-refractivity contribution in [2.45, 2.75) is 23.5 Å². The number of carbonyl (C=O) groups excluding carboxylic acids is 1. The van der Waals surface area contributed by atoms with Crippen LogP contribution in [-0.4, -0.2) is 63.4 Å². The van der Waals surface area contributed by atoms with Gasteiger partial charge in [-0.05, 0) is 35.9 Å². The summed E-state index contributed by atoms with van der Waals surface area (Å²) in [6, 6.07) is 15.6. The molecule has 33 heavy (non-hydrogen) atoms. The van der Waals surface area contributed by atoms with E-state index in [1.165, 1.54) is 19.2 Å². The summed E-state index contributed by atoms with van der Waals surface area (Å²) in [6.45, 7) is -0.462. The molecule has 1 amide bonds. The first-order valence-corrected chi connectivity index (χ1v) is 11.9. The molecule has 0 bridgehead atoms. The number of carbonyl (C=O) groups is 1. The van der Waals surface area contributed by atoms with E-state index in [2.05, 4.69) is 0 Å². The van der Waals surface area contributed by atoms with Crippen LogP contribution in [0.4, 0.5) is 0 Å². The zero-order chi connectivity index (χ0) is 23.8. The lowest BCUT2D eigenvalue weighted by Gasteiger charge is -2.29. The van der Waals surface area contributed by atoms with Gasteiger partial charge in [-0.1, -0.05) is 30.3 Å². The number of methoxy groups -OCH3 is 1. The number of aliphatic hydroxyl groups excluding tert-OH is 1. The van der Waals surface area contributed by atoms with Crippen molar-refractivity contribution in [3.05, 3.63) is 72.0 Å². The Kier molecular flexibility index (Phi) is 8.45. The van der Waals surface area contributed by atoms with Gasteiger partial charge < -0.3 is 25.1 Å². The second kappa shape index (κ2) is 11.3. The fraction of sp³-hybridized carbons (Fsp3) is 0.348. The summed E-state index contributed by atoms with van der Waals surface area (Å²) in [5.74, 6) is -0.290. The van der Waals surface area contributed by atoms with Crippen molar-refractivity contribution >= 4 is 15.9 Å². The van der Waals surface area contributed by atoms with Gasteiger partial charge in [0.2, 0.25) is 16.3 Å². The molecule has 2 atom stereocenters. The van der Waals surface area contributed by atoms with Crippen LogP contribution in [0.25, 0.3) is 0 Å². The topological polar surface area (TPSA) is 128 Å². The molecule has 0 saturated carbocycles. The molecular weight excluding hydrogens is 448 g/mol. The molecule has 0 saturated heterocycles. The number of hydrogen-bond donors (Lipinski definition) is 2. The Balaban J connectivity index is 1.67. The Morgan fingerprint density at radius 1 is 1.15 bits per heavy atom. The zero-order valence-corrected chi connectivity index (χ0v) is 19.1. The zero-order valence-electron chi connectivity index (χ0n) is 18.3. The van der Waals surface area contributed by atoms with E-state index in [0.29, 0.717) is 12.2 Å². The number of rotatable bonds is 11. The van der Waals surface area contributed by atoms with Crippen LogP contribution in [0.2, 0.25) is 0 Å². The highest BCUT2D eigenvalue weighted by atomic mass is 32.2. The summed E-state index contributed by atoms with van der Waals surface area (Å²) in [6.07, 6.45) is 1.33. The number of hydrogen-bond acceptors (Lipinski definition) is 7. The third-order valence-corrected chi connectivity index (χ3v) is 7.13. The van der Waals surface area contributed by atoms with Crippen LogP contribution in [0, 0.1) is 0 Å². The fourth-order valence-electron chi connectivity index (χ4n) is 3.51. The minimum atomic E-state index is -3.86. The predicted octanol–water partition coefficient (Wildman–Crippen LogP) is 1.59. The summed E-state index contributed by atoms with van der Waals surface area (Å²) >= 11 is 0. The van der Waals surface area contributed by atoms with Crippen LogP contribution in [0.5, 0.6) is 5.75 Å². The first kappa shape index (κ1) is 24.7. The van der Waals surface area contributed by atoms with Gasteiger partial charge in [0.25, 0.3) is 5.91 Å². The molecule has 2 aromatic carbocycles. The quantitative estimate of drug-likeness (QED) is 0.504. The first-order chi connectivity index (χ1) is 15.8. The third kappa shape index (κ3) is 6.32. The highest BCUT2D eigenvalue weighted by molar-refractivity contribution is 7.89. The molecule has 0 aromatic heterocycles. The molecular formula is C23H28N2O7S. The molecule has 0 aliphatic carbocycles. The van der Waals surface area contributed by atoms with Crippen LogP contribution in [0.1, 0.15) is 17.9 Å². The van der Waals surface area contributed by atoms with Crippen molar-refractivity contribution in [1.29, 1.82) is 0 Å². The monoisotopic (exact) mass is 476 g/mol. The van der Waals surface area contributed by atoms with Gasteiger partial charge in [-0.15, -0.1) is 0 Å². The second-order valence-electron chi connectivity index (χ2n) is 7.37. The smallest absolute Gasteiger partial charge is 0.283 e. The number of benzene rings is 2. The summed E-state index contributed by atoms with van der Waals surface area (Å²) < 4.78 is 43.6.